The topological polar surface area (TPSA) is 35.8 Å². The molecule has 0 saturated heterocycles. The first-order valence-corrected chi connectivity index (χ1v) is 6.40. The summed E-state index contributed by atoms with van der Waals surface area (Å²) in [6.07, 6.45) is 3.38. The van der Waals surface area contributed by atoms with E-state index in [4.69, 9.17) is 5.26 Å². The van der Waals surface area contributed by atoms with Gasteiger partial charge in [0, 0.05) is 12.6 Å². The summed E-state index contributed by atoms with van der Waals surface area (Å²) >= 11 is 0. The number of hydrogen-bond donors (Lipinski definition) is 1. The van der Waals surface area contributed by atoms with Crippen molar-refractivity contribution in [3.05, 3.63) is 34.9 Å². The van der Waals surface area contributed by atoms with Gasteiger partial charge in [-0.05, 0) is 37.8 Å². The molecular weight excluding hydrogens is 208 g/mol. The molecule has 0 aliphatic heterocycles. The van der Waals surface area contributed by atoms with Gasteiger partial charge in [-0.25, -0.2) is 0 Å². The quantitative estimate of drug-likeness (QED) is 0.863. The van der Waals surface area contributed by atoms with Crippen LogP contribution in [0.2, 0.25) is 0 Å². The van der Waals surface area contributed by atoms with Crippen molar-refractivity contribution in [2.75, 3.05) is 0 Å². The molecule has 2 unspecified atom stereocenters. The number of nitrogens with one attached hydrogen (secondary N) is 1. The Kier molecular flexibility index (Phi) is 3.81. The molecule has 90 valence electrons. The van der Waals surface area contributed by atoms with Crippen LogP contribution in [-0.2, 0) is 6.54 Å². The lowest BCUT2D eigenvalue weighted by molar-refractivity contribution is 0.464. The van der Waals surface area contributed by atoms with Gasteiger partial charge in [-0.15, -0.1) is 0 Å². The van der Waals surface area contributed by atoms with E-state index in [0.717, 1.165) is 19.4 Å². The standard InChI is InChI=1S/C15H20N2/c1-11-6-7-14(12(2)8-11)10-17-15-5-3-4-13(15)9-16/h6-8,13,15,17H,3-5,10H2,1-2H3. The number of aryl methyl sites for hydroxylation is 2. The van der Waals surface area contributed by atoms with E-state index in [-0.39, 0.29) is 5.92 Å². The summed E-state index contributed by atoms with van der Waals surface area (Å²) < 4.78 is 0. The third-order valence-corrected chi connectivity index (χ3v) is 3.73. The van der Waals surface area contributed by atoms with Gasteiger partial charge in [-0.3, -0.25) is 0 Å². The fraction of sp³-hybridized carbons (Fsp3) is 0.533. The monoisotopic (exact) mass is 228 g/mol. The van der Waals surface area contributed by atoms with Crippen LogP contribution in [0.25, 0.3) is 0 Å². The van der Waals surface area contributed by atoms with Crippen molar-refractivity contribution in [3.63, 3.8) is 0 Å². The molecule has 1 aromatic carbocycles. The van der Waals surface area contributed by atoms with Crippen LogP contribution in [-0.4, -0.2) is 6.04 Å². The van der Waals surface area contributed by atoms with Crippen LogP contribution in [0.3, 0.4) is 0 Å². The van der Waals surface area contributed by atoms with Crippen molar-refractivity contribution in [2.45, 2.75) is 45.7 Å². The predicted octanol–water partition coefficient (Wildman–Crippen LogP) is 3.09. The molecule has 0 amide bonds. The lowest BCUT2D eigenvalue weighted by Gasteiger charge is -2.16. The first-order chi connectivity index (χ1) is 8.20. The molecule has 2 nitrogen and oxygen atoms in total. The van der Waals surface area contributed by atoms with E-state index in [1.54, 1.807) is 0 Å². The van der Waals surface area contributed by atoms with Gasteiger partial charge in [0.15, 0.2) is 0 Å². The molecule has 2 rings (SSSR count). The van der Waals surface area contributed by atoms with E-state index in [9.17, 15) is 0 Å². The van der Waals surface area contributed by atoms with Gasteiger partial charge in [-0.2, -0.15) is 5.26 Å². The molecule has 1 saturated carbocycles. The first-order valence-electron chi connectivity index (χ1n) is 6.40. The zero-order valence-corrected chi connectivity index (χ0v) is 10.7. The number of hydrogen-bond acceptors (Lipinski definition) is 2. The van der Waals surface area contributed by atoms with E-state index < -0.39 is 0 Å². The van der Waals surface area contributed by atoms with E-state index in [2.05, 4.69) is 43.4 Å². The second-order valence-corrected chi connectivity index (χ2v) is 5.08. The summed E-state index contributed by atoms with van der Waals surface area (Å²) in [5, 5.41) is 12.6. The van der Waals surface area contributed by atoms with Crippen LogP contribution in [0.1, 0.15) is 36.0 Å². The second kappa shape index (κ2) is 5.33. The molecular formula is C15H20N2. The highest BCUT2D eigenvalue weighted by molar-refractivity contribution is 5.30. The lowest BCUT2D eigenvalue weighted by atomic mass is 10.0. The molecule has 2 atom stereocenters. The number of benzene rings is 1. The molecule has 0 heterocycles. The molecule has 0 aromatic heterocycles. The van der Waals surface area contributed by atoms with Gasteiger partial charge in [0.1, 0.15) is 0 Å². The van der Waals surface area contributed by atoms with Crippen molar-refractivity contribution in [2.24, 2.45) is 5.92 Å². The number of nitriles is 1. The Morgan fingerprint density at radius 2 is 2.18 bits per heavy atom. The van der Waals surface area contributed by atoms with Crippen molar-refractivity contribution in [1.29, 1.82) is 5.26 Å². The summed E-state index contributed by atoms with van der Waals surface area (Å²) in [7, 11) is 0. The average Bonchev–Trinajstić information content (AvgIpc) is 2.75. The van der Waals surface area contributed by atoms with E-state index >= 15 is 0 Å². The first kappa shape index (κ1) is 12.1. The van der Waals surface area contributed by atoms with Gasteiger partial charge in [0.2, 0.25) is 0 Å². The molecule has 1 N–H and O–H groups in total. The normalized spacial score (nSPS) is 23.6. The summed E-state index contributed by atoms with van der Waals surface area (Å²) in [5.41, 5.74) is 3.99. The van der Waals surface area contributed by atoms with Gasteiger partial charge >= 0.3 is 0 Å². The Bertz CT molecular complexity index is 431. The average molecular weight is 228 g/mol. The van der Waals surface area contributed by atoms with E-state index in [1.807, 2.05) is 0 Å². The largest absolute Gasteiger partial charge is 0.309 e. The fourth-order valence-corrected chi connectivity index (χ4v) is 2.64. The summed E-state index contributed by atoms with van der Waals surface area (Å²) in [6.45, 7) is 5.16. The minimum atomic E-state index is 0.209. The Labute approximate surface area is 104 Å². The molecule has 2 heteroatoms. The van der Waals surface area contributed by atoms with Crippen molar-refractivity contribution < 1.29 is 0 Å². The SMILES string of the molecule is Cc1ccc(CNC2CCCC2C#N)c(C)c1. The lowest BCUT2D eigenvalue weighted by Crippen LogP contribution is -2.31. The van der Waals surface area contributed by atoms with Gasteiger partial charge in [-0.1, -0.05) is 30.2 Å². The highest BCUT2D eigenvalue weighted by Gasteiger charge is 2.26. The van der Waals surface area contributed by atoms with Crippen molar-refractivity contribution in [3.8, 4) is 6.07 Å². The Balaban J connectivity index is 1.96. The van der Waals surface area contributed by atoms with Gasteiger partial charge < -0.3 is 5.32 Å². The van der Waals surface area contributed by atoms with Crippen LogP contribution in [0.15, 0.2) is 18.2 Å². The molecule has 1 aliphatic carbocycles. The van der Waals surface area contributed by atoms with Gasteiger partial charge in [0.05, 0.1) is 12.0 Å². The molecule has 0 radical (unpaired) electrons. The predicted molar refractivity (Wildman–Crippen MR) is 69.5 cm³/mol. The second-order valence-electron chi connectivity index (χ2n) is 5.08. The summed E-state index contributed by atoms with van der Waals surface area (Å²) in [6, 6.07) is 9.36. The maximum atomic E-state index is 9.03. The fourth-order valence-electron chi connectivity index (χ4n) is 2.64. The number of nitrogens with zero attached hydrogens (tertiary/aromatic N) is 1. The summed E-state index contributed by atoms with van der Waals surface area (Å²) in [4.78, 5) is 0. The Morgan fingerprint density at radius 1 is 1.35 bits per heavy atom. The highest BCUT2D eigenvalue weighted by atomic mass is 14.9. The maximum absolute atomic E-state index is 9.03. The van der Waals surface area contributed by atoms with E-state index in [1.165, 1.54) is 23.1 Å². The zero-order chi connectivity index (χ0) is 12.3. The minimum absolute atomic E-state index is 0.209. The van der Waals surface area contributed by atoms with Crippen LogP contribution >= 0.6 is 0 Å². The molecule has 1 aromatic rings. The summed E-state index contributed by atoms with van der Waals surface area (Å²) in [5.74, 6) is 0.209. The Hall–Kier alpha value is -1.33. The van der Waals surface area contributed by atoms with Gasteiger partial charge in [0.25, 0.3) is 0 Å². The van der Waals surface area contributed by atoms with E-state index in [0.29, 0.717) is 6.04 Å². The molecule has 1 aliphatic rings. The molecule has 0 spiro atoms. The van der Waals surface area contributed by atoms with Crippen LogP contribution < -0.4 is 5.32 Å². The Morgan fingerprint density at radius 3 is 2.88 bits per heavy atom. The van der Waals surface area contributed by atoms with Crippen molar-refractivity contribution in [1.82, 2.24) is 5.32 Å². The van der Waals surface area contributed by atoms with Crippen LogP contribution in [0.5, 0.6) is 0 Å². The molecule has 1 fully saturated rings. The highest BCUT2D eigenvalue weighted by Crippen LogP contribution is 2.25. The zero-order valence-electron chi connectivity index (χ0n) is 10.7. The van der Waals surface area contributed by atoms with Crippen LogP contribution in [0, 0.1) is 31.1 Å². The van der Waals surface area contributed by atoms with Crippen LogP contribution in [0.4, 0.5) is 0 Å². The smallest absolute Gasteiger partial charge is 0.0672 e. The third kappa shape index (κ3) is 2.87. The molecule has 17 heavy (non-hydrogen) atoms. The third-order valence-electron chi connectivity index (χ3n) is 3.73. The minimum Gasteiger partial charge on any atom is -0.309 e. The van der Waals surface area contributed by atoms with Crippen molar-refractivity contribution >= 4 is 0 Å². The number of rotatable bonds is 3. The maximum Gasteiger partial charge on any atom is 0.0672 e. The molecule has 0 bridgehead atoms.